The smallest absolute Gasteiger partial charge is 0.255 e. The quantitative estimate of drug-likeness (QED) is 0.469. The zero-order chi connectivity index (χ0) is 21.5. The van der Waals surface area contributed by atoms with Crippen LogP contribution in [0, 0.1) is 0 Å². The Kier molecular flexibility index (Phi) is 4.39. The molecule has 8 heteroatoms. The molecular weight excluding hydrogens is 390 g/mol. The molecule has 5 rings (SSSR count). The maximum atomic E-state index is 12.6. The topological polar surface area (TPSA) is 91.7 Å². The highest BCUT2D eigenvalue weighted by Gasteiger charge is 2.11. The van der Waals surface area contributed by atoms with Gasteiger partial charge in [-0.15, -0.1) is 5.10 Å². The van der Waals surface area contributed by atoms with Crippen molar-refractivity contribution >= 4 is 39.3 Å². The largest absolute Gasteiger partial charge is 0.378 e. The van der Waals surface area contributed by atoms with Crippen LogP contribution in [0.2, 0.25) is 0 Å². The molecule has 0 aliphatic heterocycles. The van der Waals surface area contributed by atoms with Crippen LogP contribution in [0.1, 0.15) is 10.4 Å². The fourth-order valence-electron chi connectivity index (χ4n) is 3.53. The number of aromatic nitrogens is 5. The number of anilines is 2. The number of benzene rings is 3. The van der Waals surface area contributed by atoms with Gasteiger partial charge in [0, 0.05) is 43.6 Å². The first-order valence-corrected chi connectivity index (χ1v) is 9.86. The Morgan fingerprint density at radius 2 is 1.81 bits per heavy atom. The summed E-state index contributed by atoms with van der Waals surface area (Å²) in [6.45, 7) is 0. The summed E-state index contributed by atoms with van der Waals surface area (Å²) in [5.41, 5.74) is 6.72. The second kappa shape index (κ2) is 7.24. The first-order valence-electron chi connectivity index (χ1n) is 9.86. The maximum Gasteiger partial charge on any atom is 0.255 e. The summed E-state index contributed by atoms with van der Waals surface area (Å²) in [7, 11) is 5.80. The van der Waals surface area contributed by atoms with Crippen molar-refractivity contribution < 1.29 is 4.79 Å². The number of imidazole rings is 1. The molecule has 0 bridgehead atoms. The Balaban J connectivity index is 1.40. The third-order valence-corrected chi connectivity index (χ3v) is 5.27. The Bertz CT molecular complexity index is 1410. The summed E-state index contributed by atoms with van der Waals surface area (Å²) < 4.78 is 1.74. The van der Waals surface area contributed by atoms with E-state index in [0.717, 1.165) is 39.1 Å². The molecule has 0 aliphatic rings. The lowest BCUT2D eigenvalue weighted by molar-refractivity contribution is 0.102. The van der Waals surface area contributed by atoms with Crippen molar-refractivity contribution in [2.45, 2.75) is 0 Å². The Hall–Kier alpha value is -4.20. The van der Waals surface area contributed by atoms with Crippen LogP contribution in [-0.4, -0.2) is 45.0 Å². The van der Waals surface area contributed by atoms with Crippen LogP contribution in [0.25, 0.3) is 33.5 Å². The predicted octanol–water partition coefficient (Wildman–Crippen LogP) is 3.83. The molecule has 2 heterocycles. The van der Waals surface area contributed by atoms with Gasteiger partial charge in [-0.05, 0) is 60.7 Å². The van der Waals surface area contributed by atoms with Crippen molar-refractivity contribution in [3.05, 3.63) is 66.2 Å². The van der Waals surface area contributed by atoms with Crippen molar-refractivity contribution in [3.8, 4) is 11.4 Å². The number of carbonyl (C=O) groups excluding carboxylic acids is 1. The zero-order valence-electron chi connectivity index (χ0n) is 17.4. The number of amides is 1. The molecule has 2 N–H and O–H groups in total. The number of aromatic amines is 1. The number of fused-ring (bicyclic) bond motifs is 2. The highest BCUT2D eigenvalue weighted by atomic mass is 16.1. The molecule has 3 aromatic carbocycles. The van der Waals surface area contributed by atoms with Crippen molar-refractivity contribution in [1.82, 2.24) is 25.0 Å². The van der Waals surface area contributed by atoms with Gasteiger partial charge in [0.15, 0.2) is 0 Å². The molecule has 0 atom stereocenters. The minimum Gasteiger partial charge on any atom is -0.378 e. The monoisotopic (exact) mass is 411 g/mol. The second-order valence-electron chi connectivity index (χ2n) is 7.63. The molecule has 0 aliphatic carbocycles. The van der Waals surface area contributed by atoms with Crippen LogP contribution < -0.4 is 10.2 Å². The molecule has 5 aromatic rings. The fourth-order valence-corrected chi connectivity index (χ4v) is 3.53. The maximum absolute atomic E-state index is 12.6. The van der Waals surface area contributed by atoms with Crippen LogP contribution in [0.3, 0.4) is 0 Å². The second-order valence-corrected chi connectivity index (χ2v) is 7.63. The van der Waals surface area contributed by atoms with E-state index in [1.165, 1.54) is 0 Å². The van der Waals surface area contributed by atoms with Crippen molar-refractivity contribution in [2.24, 2.45) is 7.05 Å². The van der Waals surface area contributed by atoms with E-state index < -0.39 is 0 Å². The highest BCUT2D eigenvalue weighted by molar-refractivity contribution is 6.05. The molecule has 2 aromatic heterocycles. The first kappa shape index (κ1) is 18.8. The van der Waals surface area contributed by atoms with Gasteiger partial charge >= 0.3 is 0 Å². The van der Waals surface area contributed by atoms with E-state index in [2.05, 4.69) is 25.6 Å². The van der Waals surface area contributed by atoms with Crippen LogP contribution >= 0.6 is 0 Å². The van der Waals surface area contributed by atoms with E-state index in [1.54, 1.807) is 4.68 Å². The predicted molar refractivity (Wildman–Crippen MR) is 122 cm³/mol. The zero-order valence-corrected chi connectivity index (χ0v) is 17.4. The number of hydrogen-bond donors (Lipinski definition) is 2. The number of rotatable bonds is 4. The van der Waals surface area contributed by atoms with Gasteiger partial charge in [0.05, 0.1) is 16.6 Å². The summed E-state index contributed by atoms with van der Waals surface area (Å²) in [5, 5.41) is 11.2. The van der Waals surface area contributed by atoms with E-state index in [9.17, 15) is 4.79 Å². The normalized spacial score (nSPS) is 11.2. The first-order chi connectivity index (χ1) is 15.0. The lowest BCUT2D eigenvalue weighted by Crippen LogP contribution is -2.13. The molecule has 31 heavy (non-hydrogen) atoms. The summed E-state index contributed by atoms with van der Waals surface area (Å²) in [4.78, 5) is 22.6. The van der Waals surface area contributed by atoms with Gasteiger partial charge < -0.3 is 15.2 Å². The molecule has 0 unspecified atom stereocenters. The lowest BCUT2D eigenvalue weighted by atomic mass is 10.2. The van der Waals surface area contributed by atoms with Gasteiger partial charge in [0.25, 0.3) is 5.91 Å². The molecule has 0 radical (unpaired) electrons. The number of aryl methyl sites for hydroxylation is 1. The van der Waals surface area contributed by atoms with E-state index >= 15 is 0 Å². The van der Waals surface area contributed by atoms with E-state index in [-0.39, 0.29) is 5.91 Å². The molecule has 1 amide bonds. The SMILES string of the molecule is CN(C)c1ccc(C(=O)Nc2ccc3nc(-c4ccc5c(c4)nnn5C)[nH]c3c2)cc1. The van der Waals surface area contributed by atoms with Gasteiger partial charge in [-0.3, -0.25) is 4.79 Å². The minimum absolute atomic E-state index is 0.155. The Morgan fingerprint density at radius 1 is 1.00 bits per heavy atom. The Morgan fingerprint density at radius 3 is 2.58 bits per heavy atom. The molecule has 8 nitrogen and oxygen atoms in total. The van der Waals surface area contributed by atoms with Crippen molar-refractivity contribution in [2.75, 3.05) is 24.3 Å². The molecule has 0 fully saturated rings. The average Bonchev–Trinajstić information content (AvgIpc) is 3.36. The number of hydrogen-bond acceptors (Lipinski definition) is 5. The minimum atomic E-state index is -0.155. The molecular formula is C23H21N7O. The molecule has 0 saturated carbocycles. The highest BCUT2D eigenvalue weighted by Crippen LogP contribution is 2.25. The summed E-state index contributed by atoms with van der Waals surface area (Å²) >= 11 is 0. The van der Waals surface area contributed by atoms with Crippen LogP contribution in [-0.2, 0) is 7.05 Å². The number of carbonyl (C=O) groups is 1. The van der Waals surface area contributed by atoms with Crippen molar-refractivity contribution in [3.63, 3.8) is 0 Å². The van der Waals surface area contributed by atoms with Crippen molar-refractivity contribution in [1.29, 1.82) is 0 Å². The van der Waals surface area contributed by atoms with Crippen LogP contribution in [0.15, 0.2) is 60.7 Å². The molecule has 0 spiro atoms. The van der Waals surface area contributed by atoms with E-state index in [1.807, 2.05) is 86.7 Å². The van der Waals surface area contributed by atoms with Gasteiger partial charge in [-0.2, -0.15) is 0 Å². The van der Waals surface area contributed by atoms with E-state index in [0.29, 0.717) is 11.3 Å². The molecule has 0 saturated heterocycles. The van der Waals surface area contributed by atoms with Gasteiger partial charge in [0.2, 0.25) is 0 Å². The summed E-state index contributed by atoms with van der Waals surface area (Å²) in [6, 6.07) is 19.0. The third-order valence-electron chi connectivity index (χ3n) is 5.27. The standard InChI is InChI=1S/C23H21N7O/c1-29(2)17-8-4-14(5-9-17)23(31)24-16-7-10-18-19(13-16)26-22(25-18)15-6-11-21-20(12-15)27-28-30(21)3/h4-13H,1-3H3,(H,24,31)(H,25,26). The number of nitrogens with one attached hydrogen (secondary N) is 2. The summed E-state index contributed by atoms with van der Waals surface area (Å²) in [5.74, 6) is 0.586. The number of nitrogens with zero attached hydrogens (tertiary/aromatic N) is 5. The van der Waals surface area contributed by atoms with Gasteiger partial charge in [0.1, 0.15) is 11.3 Å². The summed E-state index contributed by atoms with van der Waals surface area (Å²) in [6.07, 6.45) is 0. The average molecular weight is 411 g/mol. The number of H-pyrrole nitrogens is 1. The van der Waals surface area contributed by atoms with Gasteiger partial charge in [-0.25, -0.2) is 9.67 Å². The molecule has 154 valence electrons. The third kappa shape index (κ3) is 3.48. The Labute approximate surface area is 178 Å². The van der Waals surface area contributed by atoms with Crippen LogP contribution in [0.4, 0.5) is 11.4 Å². The fraction of sp³-hybridized carbons (Fsp3) is 0.130. The van der Waals surface area contributed by atoms with Gasteiger partial charge in [-0.1, -0.05) is 5.21 Å². The lowest BCUT2D eigenvalue weighted by Gasteiger charge is -2.12. The van der Waals surface area contributed by atoms with E-state index in [4.69, 9.17) is 0 Å². The van der Waals surface area contributed by atoms with Crippen LogP contribution in [0.5, 0.6) is 0 Å².